The van der Waals surface area contributed by atoms with E-state index in [1.165, 1.54) is 16.4 Å². The normalized spacial score (nSPS) is 22.7. The van der Waals surface area contributed by atoms with Crippen LogP contribution in [0.25, 0.3) is 0 Å². The third-order valence-electron chi connectivity index (χ3n) is 3.68. The summed E-state index contributed by atoms with van der Waals surface area (Å²) >= 11 is 3.18. The largest absolute Gasteiger partial charge is 0.328 e. The van der Waals surface area contributed by atoms with E-state index in [0.29, 0.717) is 17.6 Å². The Kier molecular flexibility index (Phi) is 4.84. The molecule has 2 rings (SSSR count). The van der Waals surface area contributed by atoms with Gasteiger partial charge in [0.15, 0.2) is 0 Å². The molecule has 2 atom stereocenters. The van der Waals surface area contributed by atoms with Gasteiger partial charge in [0.1, 0.15) is 10.7 Å². The fourth-order valence-corrected chi connectivity index (χ4v) is 4.57. The monoisotopic (exact) mass is 364 g/mol. The van der Waals surface area contributed by atoms with Crippen LogP contribution in [0.1, 0.15) is 19.8 Å². The van der Waals surface area contributed by atoms with Gasteiger partial charge in [-0.15, -0.1) is 0 Å². The molecule has 1 aliphatic heterocycles. The minimum Gasteiger partial charge on any atom is -0.328 e. The Balaban J connectivity index is 2.32. The third-order valence-corrected chi connectivity index (χ3v) is 6.05. The zero-order chi connectivity index (χ0) is 14.9. The molecule has 112 valence electrons. The third kappa shape index (κ3) is 3.21. The van der Waals surface area contributed by atoms with Crippen molar-refractivity contribution >= 4 is 26.0 Å². The Morgan fingerprint density at radius 2 is 2.20 bits per heavy atom. The number of sulfonamides is 1. The van der Waals surface area contributed by atoms with E-state index < -0.39 is 15.8 Å². The molecule has 4 nitrogen and oxygen atoms in total. The molecule has 1 fully saturated rings. The van der Waals surface area contributed by atoms with Gasteiger partial charge in [-0.1, -0.05) is 15.9 Å². The van der Waals surface area contributed by atoms with Gasteiger partial charge in [0.05, 0.1) is 0 Å². The maximum Gasteiger partial charge on any atom is 0.246 e. The lowest BCUT2D eigenvalue weighted by Gasteiger charge is -2.33. The zero-order valence-electron chi connectivity index (χ0n) is 11.2. The summed E-state index contributed by atoms with van der Waals surface area (Å²) in [6, 6.07) is 3.87. The van der Waals surface area contributed by atoms with Gasteiger partial charge in [-0.05, 0) is 43.9 Å². The molecule has 0 bridgehead atoms. The van der Waals surface area contributed by atoms with Crippen molar-refractivity contribution in [3.05, 3.63) is 28.5 Å². The first-order valence-corrected chi connectivity index (χ1v) is 8.76. The predicted octanol–water partition coefficient (Wildman–Crippen LogP) is 2.34. The molecule has 0 saturated carbocycles. The van der Waals surface area contributed by atoms with E-state index in [4.69, 9.17) is 5.73 Å². The van der Waals surface area contributed by atoms with Crippen LogP contribution in [0.15, 0.2) is 27.6 Å². The van der Waals surface area contributed by atoms with Gasteiger partial charge in [-0.3, -0.25) is 0 Å². The fourth-order valence-electron chi connectivity index (χ4n) is 2.44. The van der Waals surface area contributed by atoms with Gasteiger partial charge >= 0.3 is 0 Å². The molecule has 1 aromatic carbocycles. The van der Waals surface area contributed by atoms with E-state index in [2.05, 4.69) is 15.9 Å². The van der Waals surface area contributed by atoms with Gasteiger partial charge in [-0.2, -0.15) is 4.31 Å². The summed E-state index contributed by atoms with van der Waals surface area (Å²) in [6.07, 6.45) is 1.66. The summed E-state index contributed by atoms with van der Waals surface area (Å²) in [5.41, 5.74) is 5.86. The predicted molar refractivity (Wildman–Crippen MR) is 79.2 cm³/mol. The van der Waals surface area contributed by atoms with Crippen molar-refractivity contribution in [1.29, 1.82) is 0 Å². The van der Waals surface area contributed by atoms with Crippen LogP contribution < -0.4 is 5.73 Å². The van der Waals surface area contributed by atoms with Crippen molar-refractivity contribution in [3.63, 3.8) is 0 Å². The van der Waals surface area contributed by atoms with Crippen molar-refractivity contribution in [2.75, 3.05) is 13.1 Å². The lowest BCUT2D eigenvalue weighted by Crippen LogP contribution is -2.45. The number of nitrogens with zero attached hydrogens (tertiary/aromatic N) is 1. The van der Waals surface area contributed by atoms with Gasteiger partial charge in [-0.25, -0.2) is 12.8 Å². The highest BCUT2D eigenvalue weighted by Gasteiger charge is 2.33. The Morgan fingerprint density at radius 1 is 1.50 bits per heavy atom. The Labute approximate surface area is 127 Å². The van der Waals surface area contributed by atoms with Gasteiger partial charge in [0, 0.05) is 23.6 Å². The van der Waals surface area contributed by atoms with Crippen molar-refractivity contribution in [2.45, 2.75) is 30.7 Å². The van der Waals surface area contributed by atoms with E-state index in [1.54, 1.807) is 0 Å². The van der Waals surface area contributed by atoms with Crippen LogP contribution in [0.5, 0.6) is 0 Å². The average Bonchev–Trinajstić information content (AvgIpc) is 2.41. The molecule has 1 aromatic rings. The smallest absolute Gasteiger partial charge is 0.246 e. The Morgan fingerprint density at radius 3 is 2.85 bits per heavy atom. The number of nitrogens with two attached hydrogens (primary N) is 1. The summed E-state index contributed by atoms with van der Waals surface area (Å²) in [4.78, 5) is -0.280. The highest BCUT2D eigenvalue weighted by atomic mass is 79.9. The lowest BCUT2D eigenvalue weighted by atomic mass is 9.93. The molecule has 2 N–H and O–H groups in total. The first-order valence-electron chi connectivity index (χ1n) is 6.53. The molecule has 0 radical (unpaired) electrons. The molecule has 0 amide bonds. The zero-order valence-corrected chi connectivity index (χ0v) is 13.6. The topological polar surface area (TPSA) is 63.4 Å². The molecular weight excluding hydrogens is 347 g/mol. The Bertz CT molecular complexity index is 592. The summed E-state index contributed by atoms with van der Waals surface area (Å²) in [6.45, 7) is 2.64. The van der Waals surface area contributed by atoms with Crippen LogP contribution >= 0.6 is 15.9 Å². The van der Waals surface area contributed by atoms with E-state index in [1.807, 2.05) is 6.92 Å². The number of rotatable bonds is 3. The number of benzene rings is 1. The lowest BCUT2D eigenvalue weighted by molar-refractivity contribution is 0.242. The van der Waals surface area contributed by atoms with E-state index in [-0.39, 0.29) is 16.9 Å². The summed E-state index contributed by atoms with van der Waals surface area (Å²) in [5, 5.41) is 0. The highest BCUT2D eigenvalue weighted by molar-refractivity contribution is 9.10. The standard InChI is InChI=1S/C13H18BrFN2O2S/c1-9(16)10-3-2-6-17(8-10)20(18,19)13-7-11(14)4-5-12(13)15/h4-5,7,9-10H,2-3,6,8,16H2,1H3/t9-,10-/m0/s1. The van der Waals surface area contributed by atoms with E-state index in [0.717, 1.165) is 18.9 Å². The number of piperidine rings is 1. The van der Waals surface area contributed by atoms with Crippen LogP contribution in [0, 0.1) is 11.7 Å². The van der Waals surface area contributed by atoms with Crippen LogP contribution in [-0.2, 0) is 10.0 Å². The second-order valence-electron chi connectivity index (χ2n) is 5.20. The van der Waals surface area contributed by atoms with Gasteiger partial charge in [0.2, 0.25) is 10.0 Å². The van der Waals surface area contributed by atoms with Crippen LogP contribution in [0.3, 0.4) is 0 Å². The molecule has 0 aromatic heterocycles. The number of hydrogen-bond acceptors (Lipinski definition) is 3. The van der Waals surface area contributed by atoms with Crippen LogP contribution in [0.4, 0.5) is 4.39 Å². The number of halogens is 2. The molecule has 7 heteroatoms. The summed E-state index contributed by atoms with van der Waals surface area (Å²) in [7, 11) is -3.81. The van der Waals surface area contributed by atoms with Crippen molar-refractivity contribution in [3.8, 4) is 0 Å². The minimum atomic E-state index is -3.81. The molecular formula is C13H18BrFN2O2S. The molecule has 0 spiro atoms. The molecule has 20 heavy (non-hydrogen) atoms. The maximum absolute atomic E-state index is 13.8. The van der Waals surface area contributed by atoms with E-state index >= 15 is 0 Å². The first kappa shape index (κ1) is 15.9. The summed E-state index contributed by atoms with van der Waals surface area (Å²) in [5.74, 6) is -0.607. The molecule has 0 aliphatic carbocycles. The molecule has 1 saturated heterocycles. The van der Waals surface area contributed by atoms with Gasteiger partial charge < -0.3 is 5.73 Å². The quantitative estimate of drug-likeness (QED) is 0.894. The highest BCUT2D eigenvalue weighted by Crippen LogP contribution is 2.28. The second-order valence-corrected chi connectivity index (χ2v) is 8.02. The van der Waals surface area contributed by atoms with Crippen LogP contribution in [-0.4, -0.2) is 31.9 Å². The van der Waals surface area contributed by atoms with Gasteiger partial charge in [0.25, 0.3) is 0 Å². The summed E-state index contributed by atoms with van der Waals surface area (Å²) < 4.78 is 40.8. The fraction of sp³-hybridized carbons (Fsp3) is 0.538. The average molecular weight is 365 g/mol. The maximum atomic E-state index is 13.8. The second kappa shape index (κ2) is 6.09. The Hall–Kier alpha value is -0.500. The van der Waals surface area contributed by atoms with Crippen molar-refractivity contribution in [1.82, 2.24) is 4.31 Å². The number of hydrogen-bond donors (Lipinski definition) is 1. The molecule has 0 unspecified atom stereocenters. The van der Waals surface area contributed by atoms with Crippen LogP contribution in [0.2, 0.25) is 0 Å². The van der Waals surface area contributed by atoms with Crippen molar-refractivity contribution in [2.24, 2.45) is 11.7 Å². The SMILES string of the molecule is C[C@H](N)[C@H]1CCCN(S(=O)(=O)c2cc(Br)ccc2F)C1. The first-order chi connectivity index (χ1) is 9.32. The minimum absolute atomic E-state index is 0.0691. The molecule has 1 heterocycles. The van der Waals surface area contributed by atoms with E-state index in [9.17, 15) is 12.8 Å². The van der Waals surface area contributed by atoms with Crippen molar-refractivity contribution < 1.29 is 12.8 Å². The molecule has 1 aliphatic rings.